The number of hydrogen-bond acceptors (Lipinski definition) is 7. The second-order valence-corrected chi connectivity index (χ2v) is 6.20. The first-order valence-electron chi connectivity index (χ1n) is 8.75. The van der Waals surface area contributed by atoms with E-state index in [0.717, 1.165) is 0 Å². The molecule has 1 aromatic carbocycles. The molecule has 4 N–H and O–H groups in total. The molecule has 0 aliphatic carbocycles. The third kappa shape index (κ3) is 3.92. The van der Waals surface area contributed by atoms with Crippen molar-refractivity contribution in [3.63, 3.8) is 0 Å². The number of aliphatic hydroxyl groups excluding tert-OH is 2. The predicted molar refractivity (Wildman–Crippen MR) is 98.4 cm³/mol. The van der Waals surface area contributed by atoms with Crippen LogP contribution in [0.1, 0.15) is 17.3 Å². The quantitative estimate of drug-likeness (QED) is 0.472. The highest BCUT2D eigenvalue weighted by Gasteiger charge is 2.21. The fourth-order valence-corrected chi connectivity index (χ4v) is 2.82. The van der Waals surface area contributed by atoms with Crippen LogP contribution in [0.3, 0.4) is 0 Å². The molecule has 0 saturated heterocycles. The smallest absolute Gasteiger partial charge is 0.257 e. The molecule has 0 saturated carbocycles. The largest absolute Gasteiger partial charge is 0.454 e. The summed E-state index contributed by atoms with van der Waals surface area (Å²) in [5, 5.41) is 23.0. The summed E-state index contributed by atoms with van der Waals surface area (Å²) in [6.07, 6.45) is 0.361. The molecular weight excluding hydrogens is 370 g/mol. The Kier molecular flexibility index (Phi) is 5.81. The number of carbonyl (C=O) groups excluding carboxylic acids is 2. The van der Waals surface area contributed by atoms with E-state index in [1.54, 1.807) is 16.7 Å². The molecule has 28 heavy (non-hydrogen) atoms. The highest BCUT2D eigenvalue weighted by Crippen LogP contribution is 2.35. The van der Waals surface area contributed by atoms with E-state index in [1.807, 2.05) is 6.92 Å². The van der Waals surface area contributed by atoms with Crippen molar-refractivity contribution in [2.24, 2.45) is 0 Å². The van der Waals surface area contributed by atoms with Crippen LogP contribution >= 0.6 is 0 Å². The van der Waals surface area contributed by atoms with E-state index in [4.69, 9.17) is 14.6 Å². The van der Waals surface area contributed by atoms with Gasteiger partial charge in [0.1, 0.15) is 5.56 Å². The van der Waals surface area contributed by atoms with Gasteiger partial charge in [-0.15, -0.1) is 0 Å². The first-order chi connectivity index (χ1) is 13.4. The molecule has 1 aliphatic heterocycles. The number of hydrogen-bond donors (Lipinski definition) is 4. The summed E-state index contributed by atoms with van der Waals surface area (Å²) in [4.78, 5) is 37.0. The van der Waals surface area contributed by atoms with Crippen LogP contribution in [0.2, 0.25) is 0 Å². The van der Waals surface area contributed by atoms with Crippen molar-refractivity contribution in [2.75, 3.05) is 26.5 Å². The van der Waals surface area contributed by atoms with Gasteiger partial charge < -0.3 is 34.9 Å². The fraction of sp³-hybridized carbons (Fsp3) is 0.389. The van der Waals surface area contributed by atoms with Gasteiger partial charge in [-0.05, 0) is 13.0 Å². The van der Waals surface area contributed by atoms with Gasteiger partial charge in [0.15, 0.2) is 11.5 Å². The third-order valence-corrected chi connectivity index (χ3v) is 4.31. The first kappa shape index (κ1) is 19.6. The number of amides is 2. The predicted octanol–water partition coefficient (Wildman–Crippen LogP) is -1.05. The van der Waals surface area contributed by atoms with Crippen molar-refractivity contribution in [1.82, 2.24) is 15.2 Å². The molecule has 10 heteroatoms. The van der Waals surface area contributed by atoms with E-state index in [-0.39, 0.29) is 25.4 Å². The van der Waals surface area contributed by atoms with Crippen LogP contribution in [0.25, 0.3) is 10.9 Å². The van der Waals surface area contributed by atoms with E-state index < -0.39 is 30.0 Å². The molecular formula is C18H21N3O7. The van der Waals surface area contributed by atoms with Gasteiger partial charge in [-0.3, -0.25) is 14.4 Å². The Hall–Kier alpha value is -3.11. The standard InChI is InChI=1S/C18H21N3O7/c1-2-21-7-12(18(26)20-6-16(24)19-5-10(23)8-22)17(25)11-3-14-15(4-13(11)21)28-9-27-14/h3-4,7,10,22-23H,2,5-6,8-9H2,1H3,(H,19,24)(H,20,26). The van der Waals surface area contributed by atoms with E-state index in [2.05, 4.69) is 10.6 Å². The maximum Gasteiger partial charge on any atom is 0.257 e. The van der Waals surface area contributed by atoms with Crippen molar-refractivity contribution in [1.29, 1.82) is 0 Å². The number of aryl methyl sites for hydroxylation is 1. The molecule has 1 atom stereocenters. The second kappa shape index (κ2) is 8.28. The van der Waals surface area contributed by atoms with Gasteiger partial charge in [-0.25, -0.2) is 0 Å². The third-order valence-electron chi connectivity index (χ3n) is 4.31. The van der Waals surface area contributed by atoms with Crippen LogP contribution in [0.5, 0.6) is 11.5 Å². The Bertz CT molecular complexity index is 970. The minimum absolute atomic E-state index is 0.0689. The minimum atomic E-state index is -1.08. The molecule has 0 radical (unpaired) electrons. The number of aliphatic hydroxyl groups is 2. The zero-order valence-corrected chi connectivity index (χ0v) is 15.2. The van der Waals surface area contributed by atoms with E-state index in [1.165, 1.54) is 6.20 Å². The number of rotatable bonds is 7. The molecule has 3 rings (SSSR count). The molecule has 1 aliphatic rings. The number of benzene rings is 1. The lowest BCUT2D eigenvalue weighted by atomic mass is 10.1. The summed E-state index contributed by atoms with van der Waals surface area (Å²) in [5.41, 5.74) is 0.0343. The Morgan fingerprint density at radius 1 is 1.25 bits per heavy atom. The lowest BCUT2D eigenvalue weighted by Crippen LogP contribution is -2.41. The van der Waals surface area contributed by atoms with Gasteiger partial charge in [0.05, 0.1) is 30.2 Å². The monoisotopic (exact) mass is 391 g/mol. The zero-order chi connectivity index (χ0) is 20.3. The second-order valence-electron chi connectivity index (χ2n) is 6.20. The van der Waals surface area contributed by atoms with Crippen LogP contribution in [-0.2, 0) is 11.3 Å². The highest BCUT2D eigenvalue weighted by molar-refractivity contribution is 5.99. The summed E-state index contributed by atoms with van der Waals surface area (Å²) >= 11 is 0. The maximum absolute atomic E-state index is 12.8. The summed E-state index contributed by atoms with van der Waals surface area (Å²) in [6.45, 7) is 1.45. The van der Waals surface area contributed by atoms with Crippen LogP contribution in [0, 0.1) is 0 Å². The normalized spacial score (nSPS) is 13.4. The van der Waals surface area contributed by atoms with Crippen LogP contribution in [0.4, 0.5) is 0 Å². The average molecular weight is 391 g/mol. The topological polar surface area (TPSA) is 139 Å². The van der Waals surface area contributed by atoms with Gasteiger partial charge >= 0.3 is 0 Å². The minimum Gasteiger partial charge on any atom is -0.454 e. The lowest BCUT2D eigenvalue weighted by molar-refractivity contribution is -0.120. The average Bonchev–Trinajstić information content (AvgIpc) is 3.16. The molecule has 0 spiro atoms. The van der Waals surface area contributed by atoms with Crippen molar-refractivity contribution in [3.05, 3.63) is 34.1 Å². The van der Waals surface area contributed by atoms with Crippen molar-refractivity contribution in [3.8, 4) is 11.5 Å². The molecule has 2 amide bonds. The SMILES string of the molecule is CCn1cc(C(=O)NCC(=O)NCC(O)CO)c(=O)c2cc3c(cc21)OCO3. The van der Waals surface area contributed by atoms with E-state index >= 15 is 0 Å². The molecule has 150 valence electrons. The van der Waals surface area contributed by atoms with Gasteiger partial charge in [0, 0.05) is 25.4 Å². The number of nitrogens with zero attached hydrogens (tertiary/aromatic N) is 1. The number of nitrogens with one attached hydrogen (secondary N) is 2. The highest BCUT2D eigenvalue weighted by atomic mass is 16.7. The first-order valence-corrected chi connectivity index (χ1v) is 8.75. The lowest BCUT2D eigenvalue weighted by Gasteiger charge is -2.13. The number of carbonyl (C=O) groups is 2. The molecule has 2 heterocycles. The maximum atomic E-state index is 12.8. The number of ether oxygens (including phenoxy) is 2. The molecule has 0 fully saturated rings. The van der Waals surface area contributed by atoms with Crippen LogP contribution in [-0.4, -0.2) is 59.2 Å². The van der Waals surface area contributed by atoms with Crippen molar-refractivity contribution in [2.45, 2.75) is 19.6 Å². The van der Waals surface area contributed by atoms with Gasteiger partial charge in [0.2, 0.25) is 18.1 Å². The fourth-order valence-electron chi connectivity index (χ4n) is 2.82. The van der Waals surface area contributed by atoms with Gasteiger partial charge in [-0.2, -0.15) is 0 Å². The Morgan fingerprint density at radius 2 is 1.96 bits per heavy atom. The molecule has 0 bridgehead atoms. The van der Waals surface area contributed by atoms with Gasteiger partial charge in [-0.1, -0.05) is 0 Å². The molecule has 1 unspecified atom stereocenters. The summed E-state index contributed by atoms with van der Waals surface area (Å²) < 4.78 is 12.4. The summed E-state index contributed by atoms with van der Waals surface area (Å²) in [7, 11) is 0. The van der Waals surface area contributed by atoms with Crippen LogP contribution < -0.4 is 25.5 Å². The summed E-state index contributed by atoms with van der Waals surface area (Å²) in [5.74, 6) is -0.273. The Morgan fingerprint density at radius 3 is 2.64 bits per heavy atom. The molecule has 10 nitrogen and oxygen atoms in total. The van der Waals surface area contributed by atoms with E-state index in [9.17, 15) is 19.5 Å². The summed E-state index contributed by atoms with van der Waals surface area (Å²) in [6, 6.07) is 3.25. The van der Waals surface area contributed by atoms with E-state index in [0.29, 0.717) is 28.9 Å². The zero-order valence-electron chi connectivity index (χ0n) is 15.2. The number of fused-ring (bicyclic) bond motifs is 2. The number of aromatic nitrogens is 1. The Labute approximate surface area is 159 Å². The molecule has 1 aromatic heterocycles. The van der Waals surface area contributed by atoms with Crippen molar-refractivity contribution >= 4 is 22.7 Å². The molecule has 2 aromatic rings. The van der Waals surface area contributed by atoms with Crippen LogP contribution in [0.15, 0.2) is 23.1 Å². The number of pyridine rings is 1. The van der Waals surface area contributed by atoms with Crippen molar-refractivity contribution < 1.29 is 29.3 Å². The Balaban J connectivity index is 1.81. The van der Waals surface area contributed by atoms with Gasteiger partial charge in [0.25, 0.3) is 5.91 Å².